The van der Waals surface area contributed by atoms with Crippen LogP contribution >= 0.6 is 0 Å². The number of rotatable bonds is 7. The van der Waals surface area contributed by atoms with Crippen molar-refractivity contribution < 1.29 is 37.0 Å². The quantitative estimate of drug-likeness (QED) is 0.199. The van der Waals surface area contributed by atoms with Gasteiger partial charge in [-0.25, -0.2) is 4.98 Å². The van der Waals surface area contributed by atoms with Crippen molar-refractivity contribution in [3.8, 4) is 23.1 Å². The van der Waals surface area contributed by atoms with Crippen molar-refractivity contribution >= 4 is 28.4 Å². The summed E-state index contributed by atoms with van der Waals surface area (Å²) < 4.78 is 57.4. The van der Waals surface area contributed by atoms with E-state index in [9.17, 15) is 22.8 Å². The summed E-state index contributed by atoms with van der Waals surface area (Å²) in [4.78, 5) is 36.2. The van der Waals surface area contributed by atoms with Crippen LogP contribution in [0.25, 0.3) is 10.9 Å². The number of piperazine rings is 1. The maximum absolute atomic E-state index is 13.6. The van der Waals surface area contributed by atoms with Gasteiger partial charge in [0.05, 0.1) is 17.4 Å². The zero-order valence-electron chi connectivity index (χ0n) is 26.7. The Morgan fingerprint density at radius 1 is 0.898 bits per heavy atom. The van der Waals surface area contributed by atoms with E-state index in [-0.39, 0.29) is 24.1 Å². The number of pyridine rings is 1. The highest BCUT2D eigenvalue weighted by Crippen LogP contribution is 2.33. The molecule has 2 aliphatic rings. The predicted molar refractivity (Wildman–Crippen MR) is 175 cm³/mol. The number of aryl methyl sites for hydroxylation is 1. The van der Waals surface area contributed by atoms with E-state index in [0.717, 1.165) is 71.9 Å². The molecule has 7 rings (SSSR count). The van der Waals surface area contributed by atoms with E-state index in [1.54, 1.807) is 18.2 Å². The first-order chi connectivity index (χ1) is 23.5. The molecule has 10 nitrogen and oxygen atoms in total. The Kier molecular flexibility index (Phi) is 8.37. The van der Waals surface area contributed by atoms with Crippen LogP contribution < -0.4 is 19.1 Å². The number of hydrogen-bond donors (Lipinski definition) is 0. The summed E-state index contributed by atoms with van der Waals surface area (Å²) >= 11 is 0. The number of ether oxygens (including phenoxy) is 3. The summed E-state index contributed by atoms with van der Waals surface area (Å²) in [5, 5.41) is 0.836. The molecular formula is C36H32F3N5O5. The Bertz CT molecular complexity index is 2020. The van der Waals surface area contributed by atoms with Gasteiger partial charge in [0.15, 0.2) is 11.5 Å². The smallest absolute Gasteiger partial charge is 0.416 e. The zero-order chi connectivity index (χ0) is 34.3. The number of fused-ring (bicyclic) bond motifs is 2. The van der Waals surface area contributed by atoms with Crippen LogP contribution in [0.4, 0.5) is 18.9 Å². The third-order valence-corrected chi connectivity index (χ3v) is 8.83. The first-order valence-electron chi connectivity index (χ1n) is 15.6. The van der Waals surface area contributed by atoms with E-state index in [2.05, 4.69) is 9.88 Å². The van der Waals surface area contributed by atoms with Gasteiger partial charge in [0.1, 0.15) is 11.4 Å². The molecule has 2 aromatic heterocycles. The zero-order valence-corrected chi connectivity index (χ0v) is 26.7. The fourth-order valence-electron chi connectivity index (χ4n) is 6.03. The highest BCUT2D eigenvalue weighted by Gasteiger charge is 2.30. The van der Waals surface area contributed by atoms with Gasteiger partial charge < -0.3 is 28.6 Å². The van der Waals surface area contributed by atoms with Crippen molar-refractivity contribution in [2.75, 3.05) is 44.9 Å². The molecule has 0 unspecified atom stereocenters. The molecule has 1 saturated heterocycles. The van der Waals surface area contributed by atoms with E-state index in [4.69, 9.17) is 14.2 Å². The van der Waals surface area contributed by atoms with Gasteiger partial charge in [-0.1, -0.05) is 6.07 Å². The third kappa shape index (κ3) is 6.61. The molecule has 0 N–H and O–H groups in total. The molecule has 1 fully saturated rings. The van der Waals surface area contributed by atoms with E-state index in [1.807, 2.05) is 52.9 Å². The second kappa shape index (κ2) is 12.8. The molecule has 2 aliphatic heterocycles. The molecule has 3 aromatic carbocycles. The standard InChI is InChI=1S/C36H32F3N5O5/c1-41(34(45)24-4-6-26(7-5-24)36(37,38)39)27-8-12-33(40-20-27)49-28-9-10-29-25(18-28)19-30(42(29)2)35(46)44-15-13-43(14-16-44)21-23-3-11-31-32(17-23)48-22-47-31/h3-12,17-20H,13-16,21-22H2,1-2H3. The van der Waals surface area contributed by atoms with Crippen LogP contribution in [-0.4, -0.2) is 71.2 Å². The van der Waals surface area contributed by atoms with Crippen LogP contribution in [0.5, 0.6) is 23.1 Å². The number of halogens is 3. The number of nitrogens with zero attached hydrogens (tertiary/aromatic N) is 5. The van der Waals surface area contributed by atoms with E-state index in [1.165, 1.54) is 18.1 Å². The number of carbonyl (C=O) groups is 2. The van der Waals surface area contributed by atoms with Gasteiger partial charge in [0.25, 0.3) is 11.8 Å². The minimum atomic E-state index is -4.48. The van der Waals surface area contributed by atoms with Crippen LogP contribution in [0.2, 0.25) is 0 Å². The maximum Gasteiger partial charge on any atom is 0.416 e. The first-order valence-corrected chi connectivity index (χ1v) is 15.6. The van der Waals surface area contributed by atoms with Crippen LogP contribution in [0, 0.1) is 0 Å². The first kappa shape index (κ1) is 32.0. The largest absolute Gasteiger partial charge is 0.454 e. The van der Waals surface area contributed by atoms with Crippen molar-refractivity contribution in [2.45, 2.75) is 12.7 Å². The molecule has 49 heavy (non-hydrogen) atoms. The highest BCUT2D eigenvalue weighted by molar-refractivity contribution is 6.05. The molecular weight excluding hydrogens is 639 g/mol. The molecule has 252 valence electrons. The van der Waals surface area contributed by atoms with E-state index >= 15 is 0 Å². The summed E-state index contributed by atoms with van der Waals surface area (Å²) in [6.45, 7) is 3.76. The van der Waals surface area contributed by atoms with E-state index in [0.29, 0.717) is 30.2 Å². The molecule has 0 aliphatic carbocycles. The van der Waals surface area contributed by atoms with Gasteiger partial charge in [0, 0.05) is 69.4 Å². The lowest BCUT2D eigenvalue weighted by atomic mass is 10.1. The van der Waals surface area contributed by atoms with Gasteiger partial charge in [-0.3, -0.25) is 14.5 Å². The Morgan fingerprint density at radius 3 is 2.37 bits per heavy atom. The summed E-state index contributed by atoms with van der Waals surface area (Å²) in [6.07, 6.45) is -3.03. The monoisotopic (exact) mass is 671 g/mol. The Balaban J connectivity index is 0.967. The number of anilines is 1. The lowest BCUT2D eigenvalue weighted by Crippen LogP contribution is -2.48. The fourth-order valence-corrected chi connectivity index (χ4v) is 6.03. The number of aromatic nitrogens is 2. The lowest BCUT2D eigenvalue weighted by molar-refractivity contribution is -0.137. The molecule has 0 radical (unpaired) electrons. The van der Waals surface area contributed by atoms with Gasteiger partial charge in [0.2, 0.25) is 12.7 Å². The van der Waals surface area contributed by atoms with E-state index < -0.39 is 17.6 Å². The number of carbonyl (C=O) groups excluding carboxylic acids is 2. The minimum Gasteiger partial charge on any atom is -0.454 e. The maximum atomic E-state index is 13.6. The normalized spacial score (nSPS) is 14.7. The topological polar surface area (TPSA) is 89.4 Å². The van der Waals surface area contributed by atoms with Crippen molar-refractivity contribution in [1.82, 2.24) is 19.4 Å². The summed E-state index contributed by atoms with van der Waals surface area (Å²) in [5.74, 6) is 1.82. The van der Waals surface area contributed by atoms with Crippen molar-refractivity contribution in [3.05, 3.63) is 107 Å². The van der Waals surface area contributed by atoms with Gasteiger partial charge in [-0.05, 0) is 72.3 Å². The summed E-state index contributed by atoms with van der Waals surface area (Å²) in [5.41, 5.74) is 2.33. The fraction of sp³-hybridized carbons (Fsp3) is 0.250. The van der Waals surface area contributed by atoms with Crippen LogP contribution in [0.1, 0.15) is 32.0 Å². The summed E-state index contributed by atoms with van der Waals surface area (Å²) in [7, 11) is 3.38. The average molecular weight is 672 g/mol. The number of amides is 2. The molecule has 4 heterocycles. The van der Waals surface area contributed by atoms with Crippen LogP contribution in [0.15, 0.2) is 85.1 Å². The molecule has 5 aromatic rings. The predicted octanol–water partition coefficient (Wildman–Crippen LogP) is 6.35. The molecule has 0 spiro atoms. The third-order valence-electron chi connectivity index (χ3n) is 8.83. The van der Waals surface area contributed by atoms with Crippen molar-refractivity contribution in [3.63, 3.8) is 0 Å². The van der Waals surface area contributed by atoms with Gasteiger partial charge in [-0.15, -0.1) is 0 Å². The van der Waals surface area contributed by atoms with Crippen molar-refractivity contribution in [1.29, 1.82) is 0 Å². The Morgan fingerprint density at radius 2 is 1.65 bits per heavy atom. The Hall–Kier alpha value is -5.56. The Labute approximate surface area is 279 Å². The van der Waals surface area contributed by atoms with Crippen molar-refractivity contribution in [2.24, 2.45) is 7.05 Å². The highest BCUT2D eigenvalue weighted by atomic mass is 19.4. The lowest BCUT2D eigenvalue weighted by Gasteiger charge is -2.34. The van der Waals surface area contributed by atoms with Gasteiger partial charge in [-0.2, -0.15) is 13.2 Å². The minimum absolute atomic E-state index is 0.0314. The molecule has 0 bridgehead atoms. The number of alkyl halides is 3. The average Bonchev–Trinajstić information content (AvgIpc) is 3.71. The second-order valence-electron chi connectivity index (χ2n) is 12.0. The van der Waals surface area contributed by atoms with Gasteiger partial charge >= 0.3 is 6.18 Å². The number of hydrogen-bond acceptors (Lipinski definition) is 7. The number of benzene rings is 3. The molecule has 0 atom stereocenters. The SMILES string of the molecule is CN(C(=O)c1ccc(C(F)(F)F)cc1)c1ccc(Oc2ccc3c(c2)cc(C(=O)N2CCN(Cc4ccc5c(c4)OCO5)CC2)n3C)nc1. The van der Waals surface area contributed by atoms with Crippen LogP contribution in [0.3, 0.4) is 0 Å². The summed E-state index contributed by atoms with van der Waals surface area (Å²) in [6, 6.07) is 20.7. The second-order valence-corrected chi connectivity index (χ2v) is 12.0. The van der Waals surface area contributed by atoms with Crippen LogP contribution in [-0.2, 0) is 19.8 Å². The molecule has 13 heteroatoms. The molecule has 0 saturated carbocycles. The molecule has 2 amide bonds.